The third-order valence-corrected chi connectivity index (χ3v) is 6.67. The molecule has 2 rings (SSSR count). The molecule has 9 heteroatoms. The molecule has 0 aliphatic rings. The van der Waals surface area contributed by atoms with Gasteiger partial charge < -0.3 is 9.64 Å². The Hall–Kier alpha value is -1.19. The molecule has 1 N–H and O–H groups in total. The van der Waals surface area contributed by atoms with Crippen molar-refractivity contribution in [2.45, 2.75) is 31.7 Å². The van der Waals surface area contributed by atoms with Crippen LogP contribution in [0.1, 0.15) is 23.1 Å². The second-order valence-electron chi connectivity index (χ2n) is 6.04. The van der Waals surface area contributed by atoms with Gasteiger partial charge in [-0.15, -0.1) is 0 Å². The molecule has 26 heavy (non-hydrogen) atoms. The first-order valence-corrected chi connectivity index (χ1v) is 10.9. The number of nitrogens with zero attached hydrogens (tertiary/aromatic N) is 2. The van der Waals surface area contributed by atoms with E-state index in [0.717, 1.165) is 10.6 Å². The van der Waals surface area contributed by atoms with Gasteiger partial charge in [-0.1, -0.05) is 29.0 Å². The van der Waals surface area contributed by atoms with E-state index in [4.69, 9.17) is 16.3 Å². The molecule has 0 fully saturated rings. The minimum absolute atomic E-state index is 0.158. The molecule has 0 bridgehead atoms. The summed E-state index contributed by atoms with van der Waals surface area (Å²) in [5.74, 6) is 0. The van der Waals surface area contributed by atoms with Crippen LogP contribution in [0.4, 0.5) is 5.13 Å². The third kappa shape index (κ3) is 5.40. The van der Waals surface area contributed by atoms with Crippen molar-refractivity contribution < 1.29 is 13.2 Å². The van der Waals surface area contributed by atoms with Crippen molar-refractivity contribution >= 4 is 38.1 Å². The highest BCUT2D eigenvalue weighted by molar-refractivity contribution is 7.93. The van der Waals surface area contributed by atoms with Gasteiger partial charge in [0.05, 0.1) is 17.2 Å². The number of anilines is 1. The molecular formula is C17H24ClN3O3S2. The summed E-state index contributed by atoms with van der Waals surface area (Å²) in [6.45, 7) is 5.51. The number of ether oxygens (including phenoxy) is 1. The summed E-state index contributed by atoms with van der Waals surface area (Å²) in [5.41, 5.74) is 1.38. The lowest BCUT2D eigenvalue weighted by Gasteiger charge is -2.09. The van der Waals surface area contributed by atoms with Crippen molar-refractivity contribution in [2.24, 2.45) is 0 Å². The summed E-state index contributed by atoms with van der Waals surface area (Å²) in [6.07, 6.45) is 0.644. The number of sulfonamides is 1. The standard InChI is InChI=1S/C17H24ClN3O3S2/c1-5-24-10-9-14-15(11-21(3)4)25-17(19-14)20-26(22,23)16-8-6-7-13(18)12(16)2/h6-8H,5,9-11H2,1-4H3,(H,19,20). The first-order chi connectivity index (χ1) is 12.2. The summed E-state index contributed by atoms with van der Waals surface area (Å²) in [6, 6.07) is 4.82. The molecule has 0 amide bonds. The zero-order chi connectivity index (χ0) is 19.3. The summed E-state index contributed by atoms with van der Waals surface area (Å²) in [7, 11) is 0.172. The quantitative estimate of drug-likeness (QED) is 0.632. The van der Waals surface area contributed by atoms with Crippen LogP contribution in [0, 0.1) is 6.92 Å². The predicted octanol–water partition coefficient (Wildman–Crippen LogP) is 3.55. The second kappa shape index (κ2) is 9.14. The monoisotopic (exact) mass is 417 g/mol. The van der Waals surface area contributed by atoms with E-state index in [-0.39, 0.29) is 4.90 Å². The molecule has 2 aromatic rings. The van der Waals surface area contributed by atoms with Gasteiger partial charge in [0.15, 0.2) is 5.13 Å². The molecule has 0 saturated heterocycles. The van der Waals surface area contributed by atoms with Crippen molar-refractivity contribution in [3.05, 3.63) is 39.4 Å². The van der Waals surface area contributed by atoms with Crippen molar-refractivity contribution in [2.75, 3.05) is 32.0 Å². The molecule has 0 radical (unpaired) electrons. The minimum Gasteiger partial charge on any atom is -0.381 e. The third-order valence-electron chi connectivity index (χ3n) is 3.65. The molecule has 0 saturated carbocycles. The normalized spacial score (nSPS) is 11.9. The van der Waals surface area contributed by atoms with Crippen LogP contribution in [0.3, 0.4) is 0 Å². The van der Waals surface area contributed by atoms with Gasteiger partial charge >= 0.3 is 0 Å². The van der Waals surface area contributed by atoms with Gasteiger partial charge in [-0.3, -0.25) is 4.72 Å². The number of benzene rings is 1. The molecule has 0 spiro atoms. The summed E-state index contributed by atoms with van der Waals surface area (Å²) < 4.78 is 33.5. The van der Waals surface area contributed by atoms with Gasteiger partial charge in [0.2, 0.25) is 0 Å². The van der Waals surface area contributed by atoms with E-state index in [2.05, 4.69) is 9.71 Å². The SMILES string of the molecule is CCOCCc1nc(NS(=O)(=O)c2cccc(Cl)c2C)sc1CN(C)C. The van der Waals surface area contributed by atoms with Gasteiger partial charge in [0.1, 0.15) is 0 Å². The molecule has 0 unspecified atom stereocenters. The smallest absolute Gasteiger partial charge is 0.263 e. The maximum Gasteiger partial charge on any atom is 0.263 e. The molecular weight excluding hydrogens is 394 g/mol. The number of halogens is 1. The molecule has 1 heterocycles. The van der Waals surface area contributed by atoms with Crippen molar-refractivity contribution in [1.29, 1.82) is 0 Å². The van der Waals surface area contributed by atoms with E-state index in [0.29, 0.717) is 41.9 Å². The topological polar surface area (TPSA) is 71.5 Å². The Labute approximate surface area is 164 Å². The Balaban J connectivity index is 2.28. The highest BCUT2D eigenvalue weighted by Gasteiger charge is 2.21. The van der Waals surface area contributed by atoms with Crippen LogP contribution in [0.25, 0.3) is 0 Å². The van der Waals surface area contributed by atoms with Crippen molar-refractivity contribution in [3.8, 4) is 0 Å². The van der Waals surface area contributed by atoms with E-state index < -0.39 is 10.0 Å². The summed E-state index contributed by atoms with van der Waals surface area (Å²) in [4.78, 5) is 7.69. The number of aromatic nitrogens is 1. The van der Waals surface area contributed by atoms with Crippen LogP contribution in [0.2, 0.25) is 5.02 Å². The Bertz CT molecular complexity index is 851. The van der Waals surface area contributed by atoms with Gasteiger partial charge in [-0.05, 0) is 45.6 Å². The fourth-order valence-electron chi connectivity index (χ4n) is 2.39. The summed E-state index contributed by atoms with van der Waals surface area (Å²) >= 11 is 7.40. The lowest BCUT2D eigenvalue weighted by molar-refractivity contribution is 0.150. The lowest BCUT2D eigenvalue weighted by atomic mass is 10.2. The first kappa shape index (κ1) is 21.1. The van der Waals surface area contributed by atoms with Crippen LogP contribution in [-0.4, -0.2) is 45.6 Å². The Morgan fingerprint density at radius 1 is 1.35 bits per heavy atom. The number of rotatable bonds is 9. The highest BCUT2D eigenvalue weighted by Crippen LogP contribution is 2.29. The van der Waals surface area contributed by atoms with Gasteiger partial charge in [0.25, 0.3) is 10.0 Å². The van der Waals surface area contributed by atoms with E-state index in [1.165, 1.54) is 17.4 Å². The van der Waals surface area contributed by atoms with Crippen molar-refractivity contribution in [3.63, 3.8) is 0 Å². The molecule has 0 aliphatic carbocycles. The van der Waals surface area contributed by atoms with Crippen LogP contribution in [0.5, 0.6) is 0 Å². The van der Waals surface area contributed by atoms with E-state index in [1.807, 2.05) is 25.9 Å². The van der Waals surface area contributed by atoms with Crippen LogP contribution in [0.15, 0.2) is 23.1 Å². The maximum atomic E-state index is 12.7. The number of hydrogen-bond donors (Lipinski definition) is 1. The average Bonchev–Trinajstić information content (AvgIpc) is 2.90. The zero-order valence-corrected chi connectivity index (χ0v) is 17.8. The number of hydrogen-bond acceptors (Lipinski definition) is 6. The Morgan fingerprint density at radius 3 is 2.73 bits per heavy atom. The second-order valence-corrected chi connectivity index (χ2v) is 9.18. The largest absolute Gasteiger partial charge is 0.381 e. The molecule has 0 atom stereocenters. The molecule has 0 aliphatic heterocycles. The molecule has 144 valence electrons. The van der Waals surface area contributed by atoms with Crippen LogP contribution in [-0.2, 0) is 27.7 Å². The van der Waals surface area contributed by atoms with E-state index in [9.17, 15) is 8.42 Å². The number of nitrogens with one attached hydrogen (secondary N) is 1. The maximum absolute atomic E-state index is 12.7. The average molecular weight is 418 g/mol. The fraction of sp³-hybridized carbons (Fsp3) is 0.471. The molecule has 1 aromatic carbocycles. The minimum atomic E-state index is -3.75. The fourth-order valence-corrected chi connectivity index (χ4v) is 5.26. The predicted molar refractivity (Wildman–Crippen MR) is 107 cm³/mol. The highest BCUT2D eigenvalue weighted by atomic mass is 35.5. The van der Waals surface area contributed by atoms with Crippen LogP contribution >= 0.6 is 22.9 Å². The Kier molecular flexibility index (Phi) is 7.42. The Morgan fingerprint density at radius 2 is 2.08 bits per heavy atom. The molecule has 1 aromatic heterocycles. The lowest BCUT2D eigenvalue weighted by Crippen LogP contribution is -2.14. The zero-order valence-electron chi connectivity index (χ0n) is 15.4. The number of thiazole rings is 1. The van der Waals surface area contributed by atoms with Crippen molar-refractivity contribution in [1.82, 2.24) is 9.88 Å². The van der Waals surface area contributed by atoms with E-state index in [1.54, 1.807) is 19.1 Å². The van der Waals surface area contributed by atoms with Gasteiger partial charge in [0, 0.05) is 29.5 Å². The first-order valence-electron chi connectivity index (χ1n) is 8.23. The van der Waals surface area contributed by atoms with Gasteiger partial charge in [-0.25, -0.2) is 13.4 Å². The van der Waals surface area contributed by atoms with E-state index >= 15 is 0 Å². The summed E-state index contributed by atoms with van der Waals surface area (Å²) in [5, 5.41) is 0.769. The van der Waals surface area contributed by atoms with Gasteiger partial charge in [-0.2, -0.15) is 0 Å². The van der Waals surface area contributed by atoms with Crippen LogP contribution < -0.4 is 4.72 Å². The molecule has 6 nitrogen and oxygen atoms in total.